The molecule has 0 spiro atoms. The summed E-state index contributed by atoms with van der Waals surface area (Å²) in [4.78, 5) is 22.1. The highest BCUT2D eigenvalue weighted by atomic mass is 19.1. The molecular weight excluding hydrogens is 396 g/mol. The third kappa shape index (κ3) is 2.85. The fourth-order valence-electron chi connectivity index (χ4n) is 3.60. The minimum Gasteiger partial charge on any atom is -0.413 e. The molecule has 11 heteroatoms. The first-order valence-electron chi connectivity index (χ1n) is 9.33. The number of nitrogens with zero attached hydrogens (tertiary/aromatic N) is 6. The number of hydrogen-bond donors (Lipinski definition) is 1. The van der Waals surface area contributed by atoms with E-state index in [2.05, 4.69) is 25.3 Å². The number of aromatic nitrogens is 6. The second-order valence-electron chi connectivity index (χ2n) is 7.56. The minimum atomic E-state index is -1.87. The molecule has 5 heterocycles. The lowest BCUT2D eigenvalue weighted by Crippen LogP contribution is -2.41. The Morgan fingerprint density at radius 2 is 2.20 bits per heavy atom. The van der Waals surface area contributed by atoms with E-state index >= 15 is 0 Å². The number of imidazole rings is 1. The van der Waals surface area contributed by atoms with Gasteiger partial charge in [0.2, 0.25) is 0 Å². The van der Waals surface area contributed by atoms with Crippen LogP contribution in [0.25, 0.3) is 5.52 Å². The third-order valence-corrected chi connectivity index (χ3v) is 5.05. The van der Waals surface area contributed by atoms with E-state index in [1.54, 1.807) is 24.7 Å². The summed E-state index contributed by atoms with van der Waals surface area (Å²) in [5.74, 6) is -1.61. The van der Waals surface area contributed by atoms with E-state index in [0.717, 1.165) is 5.69 Å². The Morgan fingerprint density at radius 3 is 2.93 bits per heavy atom. The SMILES string of the molecule is CC(C)(F)c1nnc(C(=O)N2CCc3[nH]cnc3[C@@H]2c2cc3c(F)cccn3n2)o1. The predicted molar refractivity (Wildman–Crippen MR) is 98.8 cm³/mol. The van der Waals surface area contributed by atoms with Gasteiger partial charge in [-0.2, -0.15) is 5.10 Å². The third-order valence-electron chi connectivity index (χ3n) is 5.05. The average Bonchev–Trinajstić information content (AvgIpc) is 3.44. The topological polar surface area (TPSA) is 105 Å². The van der Waals surface area contributed by atoms with Crippen LogP contribution in [0.15, 0.2) is 35.1 Å². The highest BCUT2D eigenvalue weighted by Gasteiger charge is 2.39. The van der Waals surface area contributed by atoms with Crippen LogP contribution < -0.4 is 0 Å². The molecular formula is C19H17F2N7O2. The van der Waals surface area contributed by atoms with Gasteiger partial charge < -0.3 is 14.3 Å². The predicted octanol–water partition coefficient (Wildman–Crippen LogP) is 2.57. The van der Waals surface area contributed by atoms with Crippen molar-refractivity contribution in [2.75, 3.05) is 6.54 Å². The van der Waals surface area contributed by atoms with E-state index in [1.165, 1.54) is 29.3 Å². The Hall–Kier alpha value is -3.63. The van der Waals surface area contributed by atoms with Gasteiger partial charge in [0.05, 0.1) is 17.7 Å². The van der Waals surface area contributed by atoms with Gasteiger partial charge in [-0.05, 0) is 32.0 Å². The second-order valence-corrected chi connectivity index (χ2v) is 7.56. The molecule has 1 aliphatic heterocycles. The molecule has 5 rings (SSSR count). The van der Waals surface area contributed by atoms with Gasteiger partial charge in [0, 0.05) is 24.9 Å². The zero-order chi connectivity index (χ0) is 21.0. The van der Waals surface area contributed by atoms with E-state index in [-0.39, 0.29) is 17.3 Å². The average molecular weight is 413 g/mol. The van der Waals surface area contributed by atoms with E-state index in [9.17, 15) is 13.6 Å². The lowest BCUT2D eigenvalue weighted by atomic mass is 9.99. The molecule has 1 aliphatic rings. The van der Waals surface area contributed by atoms with Crippen LogP contribution in [0, 0.1) is 5.82 Å². The van der Waals surface area contributed by atoms with Crippen molar-refractivity contribution >= 4 is 11.4 Å². The molecule has 0 saturated heterocycles. The molecule has 1 atom stereocenters. The van der Waals surface area contributed by atoms with Gasteiger partial charge in [0.25, 0.3) is 5.89 Å². The summed E-state index contributed by atoms with van der Waals surface area (Å²) >= 11 is 0. The lowest BCUT2D eigenvalue weighted by molar-refractivity contribution is 0.0636. The number of carbonyl (C=O) groups is 1. The highest BCUT2D eigenvalue weighted by Crippen LogP contribution is 2.34. The van der Waals surface area contributed by atoms with Crippen LogP contribution in [0.5, 0.6) is 0 Å². The Balaban J connectivity index is 1.59. The molecule has 0 aliphatic carbocycles. The summed E-state index contributed by atoms with van der Waals surface area (Å²) in [6, 6.07) is 3.76. The van der Waals surface area contributed by atoms with Gasteiger partial charge in [-0.1, -0.05) is 0 Å². The number of carbonyl (C=O) groups excluding carboxylic acids is 1. The smallest absolute Gasteiger partial charge is 0.312 e. The Morgan fingerprint density at radius 1 is 1.37 bits per heavy atom. The van der Waals surface area contributed by atoms with Crippen molar-refractivity contribution in [3.05, 3.63) is 65.4 Å². The molecule has 4 aromatic heterocycles. The number of halogens is 2. The molecule has 0 bridgehead atoms. The maximum absolute atomic E-state index is 14.2. The quantitative estimate of drug-likeness (QED) is 0.554. The normalized spacial score (nSPS) is 16.8. The minimum absolute atomic E-state index is 0.279. The zero-order valence-electron chi connectivity index (χ0n) is 16.1. The Labute approximate surface area is 168 Å². The molecule has 1 N–H and O–H groups in total. The largest absolute Gasteiger partial charge is 0.413 e. The molecule has 30 heavy (non-hydrogen) atoms. The number of pyridine rings is 1. The van der Waals surface area contributed by atoms with Gasteiger partial charge in [-0.15, -0.1) is 10.2 Å². The monoisotopic (exact) mass is 413 g/mol. The fourth-order valence-corrected chi connectivity index (χ4v) is 3.60. The second kappa shape index (κ2) is 6.44. The van der Waals surface area contributed by atoms with Crippen LogP contribution in [0.3, 0.4) is 0 Å². The van der Waals surface area contributed by atoms with Crippen LogP contribution in [-0.4, -0.2) is 47.1 Å². The summed E-state index contributed by atoms with van der Waals surface area (Å²) < 4.78 is 35.0. The Bertz CT molecular complexity index is 1250. The van der Waals surface area contributed by atoms with E-state index in [4.69, 9.17) is 4.42 Å². The number of aromatic amines is 1. The van der Waals surface area contributed by atoms with Gasteiger partial charge in [-0.25, -0.2) is 18.3 Å². The zero-order valence-corrected chi connectivity index (χ0v) is 16.1. The first-order valence-corrected chi connectivity index (χ1v) is 9.33. The number of H-pyrrole nitrogens is 1. The number of rotatable bonds is 3. The van der Waals surface area contributed by atoms with E-state index < -0.39 is 23.4 Å². The van der Waals surface area contributed by atoms with Gasteiger partial charge in [0.1, 0.15) is 17.4 Å². The lowest BCUT2D eigenvalue weighted by Gasteiger charge is -2.32. The van der Waals surface area contributed by atoms with Gasteiger partial charge in [-0.3, -0.25) is 4.79 Å². The highest BCUT2D eigenvalue weighted by molar-refractivity contribution is 5.90. The van der Waals surface area contributed by atoms with Crippen LogP contribution >= 0.6 is 0 Å². The van der Waals surface area contributed by atoms with Crippen LogP contribution in [0.1, 0.15) is 53.5 Å². The number of fused-ring (bicyclic) bond motifs is 2. The molecule has 0 unspecified atom stereocenters. The fraction of sp³-hybridized carbons (Fsp3) is 0.316. The van der Waals surface area contributed by atoms with Crippen molar-refractivity contribution in [1.29, 1.82) is 0 Å². The molecule has 0 fully saturated rings. The van der Waals surface area contributed by atoms with Crippen LogP contribution in [-0.2, 0) is 12.1 Å². The van der Waals surface area contributed by atoms with Crippen molar-refractivity contribution < 1.29 is 18.0 Å². The summed E-state index contributed by atoms with van der Waals surface area (Å²) in [5, 5.41) is 11.8. The molecule has 1 amide bonds. The van der Waals surface area contributed by atoms with Crippen molar-refractivity contribution in [3.63, 3.8) is 0 Å². The number of alkyl halides is 1. The molecule has 0 saturated carbocycles. The maximum Gasteiger partial charge on any atom is 0.312 e. The van der Waals surface area contributed by atoms with Crippen LogP contribution in [0.4, 0.5) is 8.78 Å². The molecule has 4 aromatic rings. The first kappa shape index (κ1) is 18.4. The molecule has 9 nitrogen and oxygen atoms in total. The van der Waals surface area contributed by atoms with Crippen LogP contribution in [0.2, 0.25) is 0 Å². The Kier molecular flexibility index (Phi) is 3.95. The van der Waals surface area contributed by atoms with Crippen molar-refractivity contribution in [2.45, 2.75) is 32.0 Å². The molecule has 0 aromatic carbocycles. The van der Waals surface area contributed by atoms with Crippen molar-refractivity contribution in [2.24, 2.45) is 0 Å². The van der Waals surface area contributed by atoms with Crippen molar-refractivity contribution in [1.82, 2.24) is 34.7 Å². The number of nitrogens with one attached hydrogen (secondary N) is 1. The number of amides is 1. The van der Waals surface area contributed by atoms with Crippen molar-refractivity contribution in [3.8, 4) is 0 Å². The molecule has 0 radical (unpaired) electrons. The number of hydrogen-bond acceptors (Lipinski definition) is 6. The maximum atomic E-state index is 14.2. The summed E-state index contributed by atoms with van der Waals surface area (Å²) in [6.07, 6.45) is 3.68. The molecule has 154 valence electrons. The van der Waals surface area contributed by atoms with E-state index in [0.29, 0.717) is 24.4 Å². The van der Waals surface area contributed by atoms with E-state index in [1.807, 2.05) is 0 Å². The summed E-state index contributed by atoms with van der Waals surface area (Å²) in [5.41, 5.74) is 0.303. The summed E-state index contributed by atoms with van der Waals surface area (Å²) in [6.45, 7) is 2.84. The van der Waals surface area contributed by atoms with Gasteiger partial charge >= 0.3 is 11.8 Å². The standard InChI is InChI=1S/C19H17F2N7O2/c1-19(2,21)18-25-24-16(30-18)17(29)27-7-5-11-14(23-9-22-11)15(27)12-8-13-10(20)4-3-6-28(13)26-12/h3-4,6,8-9,15H,5,7H2,1-2H3,(H,22,23)/t15-/m0/s1. The first-order chi connectivity index (χ1) is 14.3. The summed E-state index contributed by atoms with van der Waals surface area (Å²) in [7, 11) is 0. The van der Waals surface area contributed by atoms with Gasteiger partial charge in [0.15, 0.2) is 5.67 Å².